The van der Waals surface area contributed by atoms with Crippen LogP contribution in [0.5, 0.6) is 0 Å². The lowest BCUT2D eigenvalue weighted by Gasteiger charge is -2.17. The first-order valence-electron chi connectivity index (χ1n) is 5.73. The fourth-order valence-electron chi connectivity index (χ4n) is 1.63. The minimum Gasteiger partial charge on any atom is -0.325 e. The molecule has 0 heterocycles. The van der Waals surface area contributed by atoms with Gasteiger partial charge in [0.05, 0.1) is 5.75 Å². The first-order chi connectivity index (χ1) is 8.18. The van der Waals surface area contributed by atoms with Crippen molar-refractivity contribution in [3.05, 3.63) is 30.3 Å². The lowest BCUT2D eigenvalue weighted by molar-refractivity contribution is -0.113. The average Bonchev–Trinajstić information content (AvgIpc) is 2.13. The van der Waals surface area contributed by atoms with Crippen molar-refractivity contribution in [3.63, 3.8) is 0 Å². The van der Waals surface area contributed by atoms with Crippen molar-refractivity contribution in [1.82, 2.24) is 0 Å². The van der Waals surface area contributed by atoms with E-state index in [1.54, 1.807) is 24.3 Å². The van der Waals surface area contributed by atoms with Crippen molar-refractivity contribution < 1.29 is 13.2 Å². The van der Waals surface area contributed by atoms with Crippen molar-refractivity contribution in [3.8, 4) is 0 Å². The van der Waals surface area contributed by atoms with Crippen molar-refractivity contribution in [2.75, 3.05) is 16.8 Å². The second kappa shape index (κ2) is 5.52. The molecule has 1 aromatic carbocycles. The van der Waals surface area contributed by atoms with Crippen LogP contribution in [0.15, 0.2) is 30.3 Å². The molecule has 1 amide bonds. The maximum Gasteiger partial charge on any atom is 0.239 e. The van der Waals surface area contributed by atoms with Crippen LogP contribution >= 0.6 is 0 Å². The molecule has 4 nitrogen and oxygen atoms in total. The third-order valence-corrected chi connectivity index (χ3v) is 4.07. The van der Waals surface area contributed by atoms with Crippen molar-refractivity contribution >= 4 is 21.4 Å². The minimum atomic E-state index is -3.37. The van der Waals surface area contributed by atoms with Gasteiger partial charge in [-0.2, -0.15) is 0 Å². The average molecular weight is 269 g/mol. The quantitative estimate of drug-likeness (QED) is 0.910. The SMILES string of the molecule is CC(C)(C)CS(=O)(=O)CC(=O)Nc1ccccc1. The van der Waals surface area contributed by atoms with E-state index in [0.717, 1.165) is 0 Å². The van der Waals surface area contributed by atoms with E-state index < -0.39 is 21.5 Å². The number of hydrogen-bond donors (Lipinski definition) is 1. The third-order valence-electron chi connectivity index (χ3n) is 2.06. The Morgan fingerprint density at radius 2 is 1.72 bits per heavy atom. The normalized spacial score (nSPS) is 12.2. The van der Waals surface area contributed by atoms with Gasteiger partial charge >= 0.3 is 0 Å². The van der Waals surface area contributed by atoms with E-state index in [-0.39, 0.29) is 11.2 Å². The predicted octanol–water partition coefficient (Wildman–Crippen LogP) is 2.09. The Bertz CT molecular complexity index is 501. The van der Waals surface area contributed by atoms with E-state index in [1.165, 1.54) is 0 Å². The third kappa shape index (κ3) is 5.82. The minimum absolute atomic E-state index is 0.00219. The number of benzene rings is 1. The maximum absolute atomic E-state index is 11.8. The summed E-state index contributed by atoms with van der Waals surface area (Å²) in [6.07, 6.45) is 0. The Morgan fingerprint density at radius 3 is 2.22 bits per heavy atom. The summed E-state index contributed by atoms with van der Waals surface area (Å²) >= 11 is 0. The molecule has 0 aromatic heterocycles. The molecule has 0 unspecified atom stereocenters. The van der Waals surface area contributed by atoms with Gasteiger partial charge in [-0.25, -0.2) is 8.42 Å². The van der Waals surface area contributed by atoms with Gasteiger partial charge in [0.15, 0.2) is 9.84 Å². The zero-order valence-corrected chi connectivity index (χ0v) is 11.8. The molecule has 0 bridgehead atoms. The van der Waals surface area contributed by atoms with Crippen LogP contribution in [0.4, 0.5) is 5.69 Å². The lowest BCUT2D eigenvalue weighted by Crippen LogP contribution is -2.29. The van der Waals surface area contributed by atoms with E-state index in [4.69, 9.17) is 0 Å². The van der Waals surface area contributed by atoms with Gasteiger partial charge in [0.1, 0.15) is 5.75 Å². The van der Waals surface area contributed by atoms with Crippen LogP contribution in [0.3, 0.4) is 0 Å². The maximum atomic E-state index is 11.8. The monoisotopic (exact) mass is 269 g/mol. The van der Waals surface area contributed by atoms with Crippen LogP contribution in [-0.4, -0.2) is 25.8 Å². The molecule has 0 atom stereocenters. The molecular formula is C13H19NO3S. The summed E-state index contributed by atoms with van der Waals surface area (Å²) in [5.41, 5.74) is 0.264. The molecule has 0 fully saturated rings. The zero-order valence-electron chi connectivity index (χ0n) is 10.9. The molecule has 1 N–H and O–H groups in total. The summed E-state index contributed by atoms with van der Waals surface area (Å²) in [5, 5.41) is 2.57. The number of nitrogens with one attached hydrogen (secondary N) is 1. The lowest BCUT2D eigenvalue weighted by atomic mass is 10.0. The Balaban J connectivity index is 2.60. The summed E-state index contributed by atoms with van der Waals surface area (Å²) in [6.45, 7) is 5.50. The van der Waals surface area contributed by atoms with Crippen LogP contribution < -0.4 is 5.32 Å². The fraction of sp³-hybridized carbons (Fsp3) is 0.462. The van der Waals surface area contributed by atoms with Crippen molar-refractivity contribution in [2.45, 2.75) is 20.8 Å². The summed E-state index contributed by atoms with van der Waals surface area (Å²) in [6, 6.07) is 8.81. The zero-order chi connectivity index (χ0) is 13.8. The molecule has 1 aromatic rings. The van der Waals surface area contributed by atoms with Gasteiger partial charge in [0.25, 0.3) is 0 Å². The Hall–Kier alpha value is -1.36. The molecule has 0 saturated carbocycles. The van der Waals surface area contributed by atoms with Gasteiger partial charge in [-0.15, -0.1) is 0 Å². The highest BCUT2D eigenvalue weighted by Gasteiger charge is 2.24. The van der Waals surface area contributed by atoms with Crippen LogP contribution in [-0.2, 0) is 14.6 Å². The van der Waals surface area contributed by atoms with E-state index in [1.807, 2.05) is 26.8 Å². The summed E-state index contributed by atoms with van der Waals surface area (Å²) in [5.74, 6) is -0.966. The number of sulfone groups is 1. The second-order valence-electron chi connectivity index (χ2n) is 5.51. The predicted molar refractivity (Wildman–Crippen MR) is 73.2 cm³/mol. The van der Waals surface area contributed by atoms with Crippen LogP contribution in [0.25, 0.3) is 0 Å². The summed E-state index contributed by atoms with van der Waals surface area (Å²) < 4.78 is 23.6. The van der Waals surface area contributed by atoms with Crippen molar-refractivity contribution in [1.29, 1.82) is 0 Å². The number of anilines is 1. The number of hydrogen-bond acceptors (Lipinski definition) is 3. The number of para-hydroxylation sites is 1. The molecule has 1 rings (SSSR count). The highest BCUT2D eigenvalue weighted by Crippen LogP contribution is 2.16. The standard InChI is InChI=1S/C13H19NO3S/c1-13(2,3)10-18(16,17)9-12(15)14-11-7-5-4-6-8-11/h4-8H,9-10H2,1-3H3,(H,14,15). The van der Waals surface area contributed by atoms with E-state index in [0.29, 0.717) is 5.69 Å². The van der Waals surface area contributed by atoms with Crippen molar-refractivity contribution in [2.24, 2.45) is 5.41 Å². The van der Waals surface area contributed by atoms with E-state index >= 15 is 0 Å². The fourth-order valence-corrected chi connectivity index (χ4v) is 3.52. The topological polar surface area (TPSA) is 63.2 Å². The molecular weight excluding hydrogens is 250 g/mol. The number of carbonyl (C=O) groups excluding carboxylic acids is 1. The number of rotatable bonds is 4. The van der Waals surface area contributed by atoms with Gasteiger partial charge in [-0.1, -0.05) is 39.0 Å². The summed E-state index contributed by atoms with van der Waals surface area (Å²) in [4.78, 5) is 11.6. The second-order valence-corrected chi connectivity index (χ2v) is 7.57. The van der Waals surface area contributed by atoms with E-state index in [2.05, 4.69) is 5.32 Å². The van der Waals surface area contributed by atoms with Crippen LogP contribution in [0, 0.1) is 5.41 Å². The molecule has 100 valence electrons. The first-order valence-corrected chi connectivity index (χ1v) is 7.55. The van der Waals surface area contributed by atoms with Gasteiger partial charge in [0, 0.05) is 5.69 Å². The Kier molecular flexibility index (Phi) is 4.51. The highest BCUT2D eigenvalue weighted by molar-refractivity contribution is 7.92. The van der Waals surface area contributed by atoms with Crippen LogP contribution in [0.1, 0.15) is 20.8 Å². The molecule has 18 heavy (non-hydrogen) atoms. The molecule has 0 aliphatic rings. The molecule has 5 heteroatoms. The molecule has 0 saturated heterocycles. The molecule has 0 spiro atoms. The first kappa shape index (κ1) is 14.7. The highest BCUT2D eigenvalue weighted by atomic mass is 32.2. The Morgan fingerprint density at radius 1 is 1.17 bits per heavy atom. The smallest absolute Gasteiger partial charge is 0.239 e. The summed E-state index contributed by atoms with van der Waals surface area (Å²) in [7, 11) is -3.37. The molecule has 0 aliphatic carbocycles. The van der Waals surface area contributed by atoms with Crippen LogP contribution in [0.2, 0.25) is 0 Å². The largest absolute Gasteiger partial charge is 0.325 e. The molecule has 0 radical (unpaired) electrons. The van der Waals surface area contributed by atoms with Gasteiger partial charge in [0.2, 0.25) is 5.91 Å². The number of amides is 1. The van der Waals surface area contributed by atoms with Gasteiger partial charge in [-0.05, 0) is 17.5 Å². The Labute approximate surface area is 108 Å². The van der Waals surface area contributed by atoms with E-state index in [9.17, 15) is 13.2 Å². The molecule has 0 aliphatic heterocycles. The van der Waals surface area contributed by atoms with Gasteiger partial charge in [-0.3, -0.25) is 4.79 Å². The number of carbonyl (C=O) groups is 1. The van der Waals surface area contributed by atoms with Gasteiger partial charge < -0.3 is 5.32 Å².